The van der Waals surface area contributed by atoms with Crippen molar-refractivity contribution in [3.63, 3.8) is 0 Å². The topological polar surface area (TPSA) is 34.1 Å². The van der Waals surface area contributed by atoms with Crippen molar-refractivity contribution < 1.29 is 46.5 Å². The Balaban J connectivity index is -0.000000333. The molecule has 0 saturated carbocycles. The van der Waals surface area contributed by atoms with E-state index < -0.39 is 0 Å². The zero-order valence-electron chi connectivity index (χ0n) is 15.4. The molecule has 0 aromatic carbocycles. The standard InChI is InChI=1S/2C10H16O.Tm/c2*1-9(2)5-4-6-10(3)7-8-11;/h2*5,7-8H,4,6H2,1-3H3;/b2*10-7-;. The number of hydrogen-bond acceptors (Lipinski definition) is 2. The maximum atomic E-state index is 10.0. The largest absolute Gasteiger partial charge is 0.299 e. The van der Waals surface area contributed by atoms with Gasteiger partial charge in [-0.1, -0.05) is 34.4 Å². The Kier molecular flexibility index (Phi) is 23.3. The molecule has 0 rings (SSSR count). The minimum absolute atomic E-state index is 0. The van der Waals surface area contributed by atoms with E-state index in [0.717, 1.165) is 49.4 Å². The summed E-state index contributed by atoms with van der Waals surface area (Å²) in [4.78, 5) is 20.0. The number of aldehydes is 2. The Bertz CT molecular complexity index is 391. The third-order valence-corrected chi connectivity index (χ3v) is 2.89. The minimum Gasteiger partial charge on any atom is -0.299 e. The number of hydrogen-bond donors (Lipinski definition) is 0. The van der Waals surface area contributed by atoms with Crippen LogP contribution in [0.4, 0.5) is 0 Å². The first-order chi connectivity index (χ1) is 10.3. The van der Waals surface area contributed by atoms with Crippen LogP contribution in [-0.2, 0) is 9.59 Å². The molecule has 0 N–H and O–H groups in total. The van der Waals surface area contributed by atoms with Crippen molar-refractivity contribution in [3.8, 4) is 0 Å². The van der Waals surface area contributed by atoms with Crippen molar-refractivity contribution in [2.45, 2.75) is 67.2 Å². The molecule has 1 radical (unpaired) electrons. The maximum absolute atomic E-state index is 10.0. The summed E-state index contributed by atoms with van der Waals surface area (Å²) in [6.45, 7) is 12.3. The van der Waals surface area contributed by atoms with E-state index in [2.05, 4.69) is 39.8 Å². The zero-order valence-corrected chi connectivity index (χ0v) is 17.2. The van der Waals surface area contributed by atoms with Crippen molar-refractivity contribution in [2.75, 3.05) is 0 Å². The van der Waals surface area contributed by atoms with Gasteiger partial charge in [0.25, 0.3) is 0 Å². The van der Waals surface area contributed by atoms with Crippen LogP contribution in [0.3, 0.4) is 0 Å². The van der Waals surface area contributed by atoms with Gasteiger partial charge in [0, 0.05) is 36.9 Å². The average molecular weight is 473 g/mol. The molecule has 0 aliphatic heterocycles. The van der Waals surface area contributed by atoms with Gasteiger partial charge in [-0.25, -0.2) is 0 Å². The fourth-order valence-corrected chi connectivity index (χ4v) is 1.58. The molecule has 0 aromatic rings. The van der Waals surface area contributed by atoms with Gasteiger partial charge in [0.2, 0.25) is 0 Å². The Morgan fingerprint density at radius 1 is 0.652 bits per heavy atom. The SMILES string of the molecule is CC(C)=CCC/C(C)=C\C=O.CC(C)=CCC/C(C)=C\C=O.[Tm]. The van der Waals surface area contributed by atoms with Crippen molar-refractivity contribution >= 4 is 12.6 Å². The van der Waals surface area contributed by atoms with Crippen molar-refractivity contribution in [1.82, 2.24) is 0 Å². The number of allylic oxidation sites excluding steroid dienone is 8. The predicted octanol–water partition coefficient (Wildman–Crippen LogP) is 5.76. The van der Waals surface area contributed by atoms with Crippen LogP contribution in [0.15, 0.2) is 46.6 Å². The monoisotopic (exact) mass is 473 g/mol. The van der Waals surface area contributed by atoms with E-state index in [1.807, 2.05) is 13.8 Å². The van der Waals surface area contributed by atoms with E-state index in [9.17, 15) is 9.59 Å². The predicted molar refractivity (Wildman–Crippen MR) is 97.0 cm³/mol. The summed E-state index contributed by atoms with van der Waals surface area (Å²) >= 11 is 0. The van der Waals surface area contributed by atoms with Gasteiger partial charge in [0.15, 0.2) is 0 Å². The van der Waals surface area contributed by atoms with Gasteiger partial charge >= 0.3 is 0 Å². The quantitative estimate of drug-likeness (QED) is 0.255. The van der Waals surface area contributed by atoms with Gasteiger partial charge in [0.05, 0.1) is 0 Å². The number of carbonyl (C=O) groups excluding carboxylic acids is 2. The second kappa shape index (κ2) is 19.6. The van der Waals surface area contributed by atoms with Gasteiger partial charge in [-0.05, 0) is 79.4 Å². The molecule has 3 heteroatoms. The fraction of sp³-hybridized carbons (Fsp3) is 0.500. The molecule has 23 heavy (non-hydrogen) atoms. The first kappa shape index (κ1) is 27.4. The molecule has 0 fully saturated rings. The van der Waals surface area contributed by atoms with E-state index in [0.29, 0.717) is 0 Å². The van der Waals surface area contributed by atoms with Crippen LogP contribution >= 0.6 is 0 Å². The second-order valence-corrected chi connectivity index (χ2v) is 5.94. The summed E-state index contributed by atoms with van der Waals surface area (Å²) in [6.07, 6.45) is 13.4. The first-order valence-electron chi connectivity index (χ1n) is 7.82. The van der Waals surface area contributed by atoms with Gasteiger partial charge in [-0.15, -0.1) is 0 Å². The Morgan fingerprint density at radius 3 is 1.17 bits per heavy atom. The van der Waals surface area contributed by atoms with Gasteiger partial charge in [-0.3, -0.25) is 9.59 Å². The molecule has 0 atom stereocenters. The summed E-state index contributed by atoms with van der Waals surface area (Å²) < 4.78 is 0. The van der Waals surface area contributed by atoms with Crippen LogP contribution in [0.2, 0.25) is 0 Å². The van der Waals surface area contributed by atoms with Crippen LogP contribution in [0, 0.1) is 36.9 Å². The molecule has 0 bridgehead atoms. The van der Waals surface area contributed by atoms with Gasteiger partial charge < -0.3 is 0 Å². The fourth-order valence-electron chi connectivity index (χ4n) is 1.58. The molecule has 0 saturated heterocycles. The summed E-state index contributed by atoms with van der Waals surface area (Å²) in [6, 6.07) is 0. The molecule has 2 nitrogen and oxygen atoms in total. The molecule has 0 aliphatic carbocycles. The Morgan fingerprint density at radius 2 is 0.957 bits per heavy atom. The molecular formula is C20H32O2Tm. The second-order valence-electron chi connectivity index (χ2n) is 5.94. The Labute approximate surface area is 172 Å². The molecule has 0 spiro atoms. The van der Waals surface area contributed by atoms with E-state index in [1.165, 1.54) is 11.1 Å². The van der Waals surface area contributed by atoms with E-state index >= 15 is 0 Å². The number of carbonyl (C=O) groups is 2. The zero-order chi connectivity index (χ0) is 17.4. The minimum atomic E-state index is 0. The van der Waals surface area contributed by atoms with Crippen molar-refractivity contribution in [1.29, 1.82) is 0 Å². The van der Waals surface area contributed by atoms with E-state index in [-0.39, 0.29) is 36.9 Å². The molecule has 0 aromatic heterocycles. The van der Waals surface area contributed by atoms with Crippen molar-refractivity contribution in [2.24, 2.45) is 0 Å². The summed E-state index contributed by atoms with van der Waals surface area (Å²) in [5.41, 5.74) is 4.97. The van der Waals surface area contributed by atoms with Gasteiger partial charge in [0.1, 0.15) is 12.6 Å². The van der Waals surface area contributed by atoms with E-state index in [4.69, 9.17) is 0 Å². The summed E-state index contributed by atoms with van der Waals surface area (Å²) in [7, 11) is 0. The third-order valence-electron chi connectivity index (χ3n) is 2.89. The molecule has 137 valence electrons. The van der Waals surface area contributed by atoms with Gasteiger partial charge in [-0.2, -0.15) is 0 Å². The summed E-state index contributed by atoms with van der Waals surface area (Å²) in [5, 5.41) is 0. The molecular weight excluding hydrogens is 441 g/mol. The first-order valence-corrected chi connectivity index (χ1v) is 7.82. The van der Waals surface area contributed by atoms with Crippen LogP contribution in [0.1, 0.15) is 67.2 Å². The van der Waals surface area contributed by atoms with Crippen LogP contribution < -0.4 is 0 Å². The van der Waals surface area contributed by atoms with Crippen LogP contribution in [0.25, 0.3) is 0 Å². The third kappa shape index (κ3) is 26.7. The summed E-state index contributed by atoms with van der Waals surface area (Å²) in [5.74, 6) is 0. The van der Waals surface area contributed by atoms with E-state index in [1.54, 1.807) is 12.2 Å². The smallest absolute Gasteiger partial charge is 0.142 e. The molecule has 0 unspecified atom stereocenters. The average Bonchev–Trinajstić information content (AvgIpc) is 2.39. The normalized spacial score (nSPS) is 10.5. The number of rotatable bonds is 8. The maximum Gasteiger partial charge on any atom is 0.142 e. The Hall–Kier alpha value is -0.466. The van der Waals surface area contributed by atoms with Crippen LogP contribution in [-0.4, -0.2) is 12.6 Å². The van der Waals surface area contributed by atoms with Crippen LogP contribution in [0.5, 0.6) is 0 Å². The molecule has 0 amide bonds. The van der Waals surface area contributed by atoms with Crippen molar-refractivity contribution in [3.05, 3.63) is 46.6 Å². The molecule has 0 heterocycles. The molecule has 0 aliphatic rings.